The number of hydrogen-bond acceptors (Lipinski definition) is 5. The van der Waals surface area contributed by atoms with E-state index in [4.69, 9.17) is 9.47 Å². The summed E-state index contributed by atoms with van der Waals surface area (Å²) in [6.07, 6.45) is 60.5. The molecule has 1 atom stereocenters. The van der Waals surface area contributed by atoms with Gasteiger partial charge in [-0.1, -0.05) is 182 Å². The lowest BCUT2D eigenvalue weighted by molar-refractivity contribution is -0.161. The molecule has 0 bridgehead atoms. The fraction of sp³-hybridized carbons (Fsp3) is 0.625. The maximum atomic E-state index is 12.2. The van der Waals surface area contributed by atoms with Crippen LogP contribution in [0.15, 0.2) is 97.2 Å². The predicted molar refractivity (Wildman–Crippen MR) is 228 cm³/mol. The summed E-state index contributed by atoms with van der Waals surface area (Å²) in [5.74, 6) is -0.649. The van der Waals surface area contributed by atoms with Gasteiger partial charge in [-0.2, -0.15) is 0 Å². The number of unbranched alkanes of at least 4 members (excludes halogenated alkanes) is 13. The number of esters is 2. The minimum absolute atomic E-state index is 0.0876. The van der Waals surface area contributed by atoms with Gasteiger partial charge in [0.15, 0.2) is 6.10 Å². The standard InChI is InChI=1S/C48H78O5/c1-3-5-7-9-11-13-15-17-18-19-20-21-22-23-24-25-26-27-28-29-30-31-33-35-37-39-41-43-48(51)53-46(44-49)45-52-47(50)42-40-38-36-34-32-16-14-12-10-8-6-4-2/h5,7,11,13,17-18,20-21,23-24,26-27,29-30,33,35,46,49H,3-4,6,8-10,12,14-16,19,22,25,28,31-32,34,36-45H2,1-2H3/b7-5-,13-11-,18-17-,21-20-,24-23-,27-26-,30-29-,35-33-. The number of rotatable bonds is 37. The van der Waals surface area contributed by atoms with Gasteiger partial charge in [0.2, 0.25) is 0 Å². The Balaban J connectivity index is 3.71. The van der Waals surface area contributed by atoms with Crippen molar-refractivity contribution >= 4 is 11.9 Å². The second-order valence-electron chi connectivity index (χ2n) is 13.7. The number of allylic oxidation sites excluding steroid dienone is 16. The fourth-order valence-electron chi connectivity index (χ4n) is 5.45. The largest absolute Gasteiger partial charge is 0.462 e. The van der Waals surface area contributed by atoms with Crippen LogP contribution in [0.25, 0.3) is 0 Å². The van der Waals surface area contributed by atoms with Crippen molar-refractivity contribution in [3.63, 3.8) is 0 Å². The molecule has 0 heterocycles. The maximum Gasteiger partial charge on any atom is 0.306 e. The van der Waals surface area contributed by atoms with Gasteiger partial charge in [-0.3, -0.25) is 9.59 Å². The summed E-state index contributed by atoms with van der Waals surface area (Å²) in [4.78, 5) is 24.2. The van der Waals surface area contributed by atoms with Gasteiger partial charge in [0.1, 0.15) is 6.61 Å². The Hall–Kier alpha value is -3.18. The third kappa shape index (κ3) is 41.4. The average molecular weight is 735 g/mol. The quantitative estimate of drug-likeness (QED) is 0.0391. The van der Waals surface area contributed by atoms with E-state index in [1.165, 1.54) is 57.8 Å². The number of aliphatic hydroxyl groups excluding tert-OH is 1. The molecule has 0 amide bonds. The Kier molecular flexibility index (Phi) is 40.6. The molecule has 53 heavy (non-hydrogen) atoms. The second kappa shape index (κ2) is 43.2. The van der Waals surface area contributed by atoms with Gasteiger partial charge in [-0.05, 0) is 77.0 Å². The summed E-state index contributed by atoms with van der Waals surface area (Å²) < 4.78 is 10.6. The molecule has 0 fully saturated rings. The molecule has 1 unspecified atom stereocenters. The highest BCUT2D eigenvalue weighted by Gasteiger charge is 2.16. The van der Waals surface area contributed by atoms with Crippen LogP contribution in [0.4, 0.5) is 0 Å². The molecular formula is C48H78O5. The highest BCUT2D eigenvalue weighted by Crippen LogP contribution is 2.13. The van der Waals surface area contributed by atoms with Crippen LogP contribution in [0.3, 0.4) is 0 Å². The van der Waals surface area contributed by atoms with Crippen molar-refractivity contribution < 1.29 is 24.2 Å². The first-order valence-corrected chi connectivity index (χ1v) is 21.3. The van der Waals surface area contributed by atoms with Crippen LogP contribution >= 0.6 is 0 Å². The molecule has 0 aliphatic heterocycles. The molecule has 0 rings (SSSR count). The average Bonchev–Trinajstić information content (AvgIpc) is 3.16. The summed E-state index contributed by atoms with van der Waals surface area (Å²) in [5, 5.41) is 9.56. The van der Waals surface area contributed by atoms with E-state index < -0.39 is 6.10 Å². The van der Waals surface area contributed by atoms with E-state index in [0.29, 0.717) is 12.8 Å². The van der Waals surface area contributed by atoms with Gasteiger partial charge < -0.3 is 14.6 Å². The van der Waals surface area contributed by atoms with Crippen LogP contribution in [-0.2, 0) is 19.1 Å². The third-order valence-electron chi connectivity index (χ3n) is 8.64. The van der Waals surface area contributed by atoms with E-state index in [0.717, 1.165) is 89.9 Å². The van der Waals surface area contributed by atoms with Crippen molar-refractivity contribution in [2.75, 3.05) is 13.2 Å². The molecule has 0 saturated carbocycles. The van der Waals surface area contributed by atoms with Gasteiger partial charge in [-0.25, -0.2) is 0 Å². The van der Waals surface area contributed by atoms with Crippen LogP contribution in [0.2, 0.25) is 0 Å². The molecule has 0 aliphatic rings. The molecule has 5 nitrogen and oxygen atoms in total. The molecule has 0 saturated heterocycles. The van der Waals surface area contributed by atoms with Gasteiger partial charge in [0, 0.05) is 12.8 Å². The molecule has 0 aromatic carbocycles. The first-order chi connectivity index (χ1) is 26.1. The Labute approximate surface area is 326 Å². The van der Waals surface area contributed by atoms with E-state index in [1.807, 2.05) is 0 Å². The molecule has 0 aliphatic carbocycles. The van der Waals surface area contributed by atoms with Gasteiger partial charge in [0.25, 0.3) is 0 Å². The summed E-state index contributed by atoms with van der Waals surface area (Å²) >= 11 is 0. The minimum atomic E-state index is -0.798. The van der Waals surface area contributed by atoms with E-state index >= 15 is 0 Å². The number of carbonyl (C=O) groups is 2. The predicted octanol–water partition coefficient (Wildman–Crippen LogP) is 13.7. The summed E-state index contributed by atoms with van der Waals surface area (Å²) in [5.41, 5.74) is 0. The van der Waals surface area contributed by atoms with Gasteiger partial charge >= 0.3 is 11.9 Å². The molecule has 0 radical (unpaired) electrons. The van der Waals surface area contributed by atoms with Crippen molar-refractivity contribution in [2.45, 2.75) is 180 Å². The summed E-state index contributed by atoms with van der Waals surface area (Å²) in [6, 6.07) is 0. The maximum absolute atomic E-state index is 12.2. The van der Waals surface area contributed by atoms with Crippen molar-refractivity contribution in [1.82, 2.24) is 0 Å². The summed E-state index contributed by atoms with van der Waals surface area (Å²) in [6.45, 7) is 3.97. The van der Waals surface area contributed by atoms with Crippen LogP contribution < -0.4 is 0 Å². The molecule has 300 valence electrons. The van der Waals surface area contributed by atoms with Gasteiger partial charge in [-0.15, -0.1) is 0 Å². The Morgan fingerprint density at radius 2 is 0.811 bits per heavy atom. The van der Waals surface area contributed by atoms with E-state index in [9.17, 15) is 14.7 Å². The Morgan fingerprint density at radius 3 is 1.23 bits per heavy atom. The van der Waals surface area contributed by atoms with Crippen LogP contribution in [0.5, 0.6) is 0 Å². The van der Waals surface area contributed by atoms with E-state index in [2.05, 4.69) is 111 Å². The fourth-order valence-corrected chi connectivity index (χ4v) is 5.45. The monoisotopic (exact) mass is 735 g/mol. The van der Waals surface area contributed by atoms with Crippen molar-refractivity contribution in [3.8, 4) is 0 Å². The van der Waals surface area contributed by atoms with Crippen LogP contribution in [-0.4, -0.2) is 36.4 Å². The molecular weight excluding hydrogens is 657 g/mol. The lowest BCUT2D eigenvalue weighted by atomic mass is 10.0. The van der Waals surface area contributed by atoms with Gasteiger partial charge in [0.05, 0.1) is 6.61 Å². The topological polar surface area (TPSA) is 72.8 Å². The number of ether oxygens (including phenoxy) is 2. The number of hydrogen-bond donors (Lipinski definition) is 1. The third-order valence-corrected chi connectivity index (χ3v) is 8.64. The smallest absolute Gasteiger partial charge is 0.306 e. The normalized spacial score (nSPS) is 13.2. The lowest BCUT2D eigenvalue weighted by Crippen LogP contribution is -2.28. The molecule has 0 aromatic rings. The molecule has 1 N–H and O–H groups in total. The Morgan fingerprint density at radius 1 is 0.453 bits per heavy atom. The second-order valence-corrected chi connectivity index (χ2v) is 13.7. The number of carbonyl (C=O) groups excluding carboxylic acids is 2. The lowest BCUT2D eigenvalue weighted by Gasteiger charge is -2.15. The zero-order chi connectivity index (χ0) is 38.6. The zero-order valence-corrected chi connectivity index (χ0v) is 34.0. The van der Waals surface area contributed by atoms with Crippen molar-refractivity contribution in [1.29, 1.82) is 0 Å². The summed E-state index contributed by atoms with van der Waals surface area (Å²) in [7, 11) is 0. The minimum Gasteiger partial charge on any atom is -0.462 e. The highest BCUT2D eigenvalue weighted by atomic mass is 16.6. The first-order valence-electron chi connectivity index (χ1n) is 21.3. The van der Waals surface area contributed by atoms with Crippen LogP contribution in [0, 0.1) is 0 Å². The Bertz CT molecular complexity index is 1060. The van der Waals surface area contributed by atoms with E-state index in [1.54, 1.807) is 0 Å². The zero-order valence-electron chi connectivity index (χ0n) is 34.0. The molecule has 5 heteroatoms. The first kappa shape index (κ1) is 49.8. The van der Waals surface area contributed by atoms with E-state index in [-0.39, 0.29) is 25.2 Å². The van der Waals surface area contributed by atoms with Crippen LogP contribution in [0.1, 0.15) is 174 Å². The molecule has 0 aromatic heterocycles. The highest BCUT2D eigenvalue weighted by molar-refractivity contribution is 5.70. The molecule has 0 spiro atoms. The number of aliphatic hydroxyl groups is 1. The van der Waals surface area contributed by atoms with Crippen molar-refractivity contribution in [2.24, 2.45) is 0 Å². The SMILES string of the molecule is CC/C=C\C/C=C\C/C=C\C/C=C\C/C=C\C/C=C\C/C=C\C/C=C\CCCCC(=O)OC(CO)COC(=O)CCCCCCCCCCCCCC. The van der Waals surface area contributed by atoms with Crippen molar-refractivity contribution in [3.05, 3.63) is 97.2 Å².